The molecule has 2 rings (SSSR count). The third-order valence-electron chi connectivity index (χ3n) is 2.56. The summed E-state index contributed by atoms with van der Waals surface area (Å²) in [5.74, 6) is -0.0422. The van der Waals surface area contributed by atoms with Gasteiger partial charge in [0.05, 0.1) is 12.8 Å². The van der Waals surface area contributed by atoms with Gasteiger partial charge in [-0.05, 0) is 12.1 Å². The molecule has 0 aliphatic heterocycles. The van der Waals surface area contributed by atoms with E-state index in [0.717, 1.165) is 11.1 Å². The number of para-hydroxylation sites is 1. The predicted octanol–water partition coefficient (Wildman–Crippen LogP) is 3.52. The lowest BCUT2D eigenvalue weighted by molar-refractivity contribution is 0.402. The molecule has 0 spiro atoms. The van der Waals surface area contributed by atoms with Crippen molar-refractivity contribution in [1.82, 2.24) is 4.98 Å². The van der Waals surface area contributed by atoms with E-state index >= 15 is 0 Å². The number of aromatic nitrogens is 1. The van der Waals surface area contributed by atoms with Gasteiger partial charge in [0.1, 0.15) is 0 Å². The number of benzene rings is 1. The minimum atomic E-state index is -0.591. The van der Waals surface area contributed by atoms with Crippen LogP contribution in [0, 0.1) is 0 Å². The number of fused-ring (bicyclic) bond motifs is 1. The van der Waals surface area contributed by atoms with Crippen molar-refractivity contribution >= 4 is 11.0 Å². The van der Waals surface area contributed by atoms with Crippen molar-refractivity contribution in [2.24, 2.45) is 0 Å². The summed E-state index contributed by atoms with van der Waals surface area (Å²) in [5.41, 5.74) is 0.961. The summed E-state index contributed by atoms with van der Waals surface area (Å²) >= 11 is 0. The zero-order valence-corrected chi connectivity index (χ0v) is 12.4. The lowest BCUT2D eigenvalue weighted by atomic mass is 9.89. The number of hydrogen-bond donors (Lipinski definition) is 0. The lowest BCUT2D eigenvalue weighted by Gasteiger charge is -2.19. The molecule has 1 heterocycles. The maximum Gasteiger partial charge on any atom is 0.439 e. The van der Waals surface area contributed by atoms with E-state index in [4.69, 9.17) is 9.15 Å². The highest BCUT2D eigenvalue weighted by Gasteiger charge is 2.21. The van der Waals surface area contributed by atoms with Crippen molar-refractivity contribution in [1.29, 1.82) is 0 Å². The Labute approximate surface area is 113 Å². The van der Waals surface area contributed by atoms with Crippen molar-refractivity contribution in [3.63, 3.8) is 0 Å². The fourth-order valence-electron chi connectivity index (χ4n) is 1.80. The molecular formula is C15H21NO3. The van der Waals surface area contributed by atoms with E-state index in [2.05, 4.69) is 4.98 Å². The first-order valence-electron chi connectivity index (χ1n) is 6.42. The molecule has 0 saturated carbocycles. The smallest absolute Gasteiger partial charge is 0.439 e. The molecule has 0 N–H and O–H groups in total. The molecule has 0 atom stereocenters. The molecule has 0 fully saturated rings. The van der Waals surface area contributed by atoms with Gasteiger partial charge in [0.15, 0.2) is 11.3 Å². The van der Waals surface area contributed by atoms with E-state index in [0.29, 0.717) is 11.3 Å². The standard InChI is InChI=1S/C13H15NO3.C2H6/c1-13(2,3)11-8-6-5-7-9(16-4)10(8)17-12(15)14-11;1-2/h5-7H,1-4H3;1-2H3. The lowest BCUT2D eigenvalue weighted by Crippen LogP contribution is -2.19. The average molecular weight is 263 g/mol. The Morgan fingerprint density at radius 1 is 1.21 bits per heavy atom. The number of methoxy groups -OCH3 is 1. The van der Waals surface area contributed by atoms with Crippen LogP contribution in [0.2, 0.25) is 0 Å². The highest BCUT2D eigenvalue weighted by atomic mass is 16.5. The maximum atomic E-state index is 11.5. The SMILES string of the molecule is CC.COc1cccc2c(C(C)(C)C)nc(=O)oc12. The van der Waals surface area contributed by atoms with Gasteiger partial charge in [0.2, 0.25) is 0 Å². The Hall–Kier alpha value is -1.84. The van der Waals surface area contributed by atoms with Crippen LogP contribution in [0.1, 0.15) is 40.3 Å². The molecule has 4 nitrogen and oxygen atoms in total. The van der Waals surface area contributed by atoms with Crippen molar-refractivity contribution in [2.75, 3.05) is 7.11 Å². The summed E-state index contributed by atoms with van der Waals surface area (Å²) in [6, 6.07) is 5.50. The molecule has 104 valence electrons. The van der Waals surface area contributed by atoms with Crippen LogP contribution < -0.4 is 10.5 Å². The molecule has 19 heavy (non-hydrogen) atoms. The van der Waals surface area contributed by atoms with Gasteiger partial charge in [0, 0.05) is 10.8 Å². The summed E-state index contributed by atoms with van der Waals surface area (Å²) in [7, 11) is 1.55. The van der Waals surface area contributed by atoms with Gasteiger partial charge in [0.25, 0.3) is 0 Å². The summed E-state index contributed by atoms with van der Waals surface area (Å²) in [6.45, 7) is 10.0. The van der Waals surface area contributed by atoms with Crippen molar-refractivity contribution < 1.29 is 9.15 Å². The molecule has 1 aromatic carbocycles. The van der Waals surface area contributed by atoms with Crippen molar-refractivity contribution in [3.8, 4) is 5.75 Å². The number of nitrogens with zero attached hydrogens (tertiary/aromatic N) is 1. The summed E-state index contributed by atoms with van der Waals surface area (Å²) < 4.78 is 10.3. The highest BCUT2D eigenvalue weighted by molar-refractivity contribution is 5.85. The zero-order valence-electron chi connectivity index (χ0n) is 12.4. The minimum Gasteiger partial charge on any atom is -0.493 e. The number of rotatable bonds is 1. The van der Waals surface area contributed by atoms with Crippen LogP contribution >= 0.6 is 0 Å². The zero-order chi connectivity index (χ0) is 14.6. The summed E-state index contributed by atoms with van der Waals surface area (Å²) in [5, 5.41) is 0.816. The summed E-state index contributed by atoms with van der Waals surface area (Å²) in [4.78, 5) is 15.5. The number of hydrogen-bond acceptors (Lipinski definition) is 4. The fraction of sp³-hybridized carbons (Fsp3) is 0.467. The Balaban J connectivity index is 0.000000861. The van der Waals surface area contributed by atoms with Gasteiger partial charge < -0.3 is 9.15 Å². The molecule has 0 bridgehead atoms. The van der Waals surface area contributed by atoms with Gasteiger partial charge in [-0.15, -0.1) is 0 Å². The Morgan fingerprint density at radius 2 is 1.84 bits per heavy atom. The molecular weight excluding hydrogens is 242 g/mol. The molecule has 0 radical (unpaired) electrons. The van der Waals surface area contributed by atoms with Crippen LogP contribution in [-0.4, -0.2) is 12.1 Å². The van der Waals surface area contributed by atoms with E-state index in [9.17, 15) is 4.79 Å². The molecule has 1 aromatic heterocycles. The third kappa shape index (κ3) is 3.13. The molecule has 0 aliphatic carbocycles. The summed E-state index contributed by atoms with van der Waals surface area (Å²) in [6.07, 6.45) is 0. The minimum absolute atomic E-state index is 0.222. The van der Waals surface area contributed by atoms with Crippen LogP contribution in [-0.2, 0) is 5.41 Å². The molecule has 2 aromatic rings. The van der Waals surface area contributed by atoms with E-state index in [-0.39, 0.29) is 5.41 Å². The first-order chi connectivity index (χ1) is 8.93. The average Bonchev–Trinajstić information content (AvgIpc) is 2.38. The van der Waals surface area contributed by atoms with Crippen LogP contribution in [0.15, 0.2) is 27.4 Å². The van der Waals surface area contributed by atoms with Crippen LogP contribution in [0.3, 0.4) is 0 Å². The van der Waals surface area contributed by atoms with Crippen LogP contribution in [0.5, 0.6) is 5.75 Å². The van der Waals surface area contributed by atoms with Gasteiger partial charge in [-0.2, -0.15) is 4.98 Å². The molecule has 0 aliphatic rings. The monoisotopic (exact) mass is 263 g/mol. The second-order valence-electron chi connectivity index (χ2n) is 4.92. The Bertz CT molecular complexity index is 609. The Morgan fingerprint density at radius 3 is 2.37 bits per heavy atom. The first-order valence-corrected chi connectivity index (χ1v) is 6.42. The fourth-order valence-corrected chi connectivity index (χ4v) is 1.80. The van der Waals surface area contributed by atoms with Crippen LogP contribution in [0.4, 0.5) is 0 Å². The predicted molar refractivity (Wildman–Crippen MR) is 76.9 cm³/mol. The molecule has 4 heteroatoms. The van der Waals surface area contributed by atoms with Crippen molar-refractivity contribution in [3.05, 3.63) is 34.4 Å². The largest absolute Gasteiger partial charge is 0.493 e. The Kier molecular flexibility index (Phi) is 4.70. The molecule has 0 amide bonds. The quantitative estimate of drug-likeness (QED) is 0.790. The van der Waals surface area contributed by atoms with Crippen molar-refractivity contribution in [2.45, 2.75) is 40.0 Å². The van der Waals surface area contributed by atoms with Crippen LogP contribution in [0.25, 0.3) is 11.0 Å². The van der Waals surface area contributed by atoms with E-state index in [1.165, 1.54) is 0 Å². The first kappa shape index (κ1) is 15.2. The van der Waals surface area contributed by atoms with Gasteiger partial charge >= 0.3 is 5.76 Å². The second-order valence-corrected chi connectivity index (χ2v) is 4.92. The normalized spacial score (nSPS) is 10.8. The molecule has 0 saturated heterocycles. The van der Waals surface area contributed by atoms with Gasteiger partial charge in [-0.25, -0.2) is 4.79 Å². The van der Waals surface area contributed by atoms with E-state index < -0.39 is 5.76 Å². The van der Waals surface area contributed by atoms with Gasteiger partial charge in [-0.3, -0.25) is 0 Å². The second kappa shape index (κ2) is 5.87. The van der Waals surface area contributed by atoms with E-state index in [1.54, 1.807) is 13.2 Å². The van der Waals surface area contributed by atoms with E-state index in [1.807, 2.05) is 46.8 Å². The maximum absolute atomic E-state index is 11.5. The molecule has 0 unspecified atom stereocenters. The van der Waals surface area contributed by atoms with Gasteiger partial charge in [-0.1, -0.05) is 40.7 Å². The highest BCUT2D eigenvalue weighted by Crippen LogP contribution is 2.31. The topological polar surface area (TPSA) is 52.3 Å². The third-order valence-corrected chi connectivity index (χ3v) is 2.56. The number of ether oxygens (including phenoxy) is 1.